The maximum Gasteiger partial charge on any atom is 0.256 e. The van der Waals surface area contributed by atoms with Crippen molar-refractivity contribution in [1.29, 1.82) is 0 Å². The SMILES string of the molecule is O=C(c1ccc(O)cc1F)N1CCN(C(c2ccccc2)c2ccccc2Cl)CC1. The standard InChI is InChI=1S/C24H22ClFN2O2/c25-21-9-5-4-8-19(21)23(17-6-2-1-3-7-17)27-12-14-28(15-13-27)24(30)20-11-10-18(29)16-22(20)26/h1-11,16,23,29H,12-15H2. The summed E-state index contributed by atoms with van der Waals surface area (Å²) < 4.78 is 14.1. The van der Waals surface area contributed by atoms with E-state index in [1.807, 2.05) is 42.5 Å². The Morgan fingerprint density at radius 3 is 2.27 bits per heavy atom. The summed E-state index contributed by atoms with van der Waals surface area (Å²) in [6, 6.07) is 21.6. The van der Waals surface area contributed by atoms with Crippen LogP contribution >= 0.6 is 11.6 Å². The van der Waals surface area contributed by atoms with Crippen LogP contribution in [0.4, 0.5) is 4.39 Å². The van der Waals surface area contributed by atoms with Crippen molar-refractivity contribution in [2.75, 3.05) is 26.2 Å². The van der Waals surface area contributed by atoms with Gasteiger partial charge in [-0.15, -0.1) is 0 Å². The van der Waals surface area contributed by atoms with Crippen LogP contribution in [0.2, 0.25) is 5.02 Å². The molecule has 6 heteroatoms. The Hall–Kier alpha value is -2.89. The number of amides is 1. The van der Waals surface area contributed by atoms with Gasteiger partial charge in [0.05, 0.1) is 11.6 Å². The van der Waals surface area contributed by atoms with E-state index in [0.29, 0.717) is 31.2 Å². The van der Waals surface area contributed by atoms with Gasteiger partial charge in [0, 0.05) is 37.3 Å². The molecule has 4 nitrogen and oxygen atoms in total. The molecule has 1 fully saturated rings. The number of phenols is 1. The van der Waals surface area contributed by atoms with Crippen LogP contribution in [-0.4, -0.2) is 47.0 Å². The van der Waals surface area contributed by atoms with Gasteiger partial charge in [0.1, 0.15) is 11.6 Å². The summed E-state index contributed by atoms with van der Waals surface area (Å²) in [7, 11) is 0. The number of halogens is 2. The van der Waals surface area contributed by atoms with E-state index in [1.165, 1.54) is 12.1 Å². The van der Waals surface area contributed by atoms with Gasteiger partial charge in [0.25, 0.3) is 5.91 Å². The lowest BCUT2D eigenvalue weighted by Crippen LogP contribution is -2.50. The zero-order valence-corrected chi connectivity index (χ0v) is 17.1. The third kappa shape index (κ3) is 4.18. The van der Waals surface area contributed by atoms with Gasteiger partial charge >= 0.3 is 0 Å². The molecule has 0 radical (unpaired) electrons. The molecule has 1 saturated heterocycles. The Bertz CT molecular complexity index is 1040. The van der Waals surface area contributed by atoms with Crippen LogP contribution < -0.4 is 0 Å². The number of rotatable bonds is 4. The van der Waals surface area contributed by atoms with E-state index in [0.717, 1.165) is 17.2 Å². The fourth-order valence-electron chi connectivity index (χ4n) is 3.95. The summed E-state index contributed by atoms with van der Waals surface area (Å²) in [6.07, 6.45) is 0. The lowest BCUT2D eigenvalue weighted by Gasteiger charge is -2.40. The van der Waals surface area contributed by atoms with E-state index < -0.39 is 5.82 Å². The number of piperazine rings is 1. The van der Waals surface area contributed by atoms with Crippen molar-refractivity contribution in [3.8, 4) is 5.75 Å². The number of hydrogen-bond acceptors (Lipinski definition) is 3. The molecule has 30 heavy (non-hydrogen) atoms. The van der Waals surface area contributed by atoms with Crippen molar-refractivity contribution in [3.05, 3.63) is 100 Å². The minimum atomic E-state index is -0.708. The smallest absolute Gasteiger partial charge is 0.256 e. The van der Waals surface area contributed by atoms with Crippen LogP contribution in [0.5, 0.6) is 5.75 Å². The first-order valence-electron chi connectivity index (χ1n) is 9.86. The number of nitrogens with zero attached hydrogens (tertiary/aromatic N) is 2. The first kappa shape index (κ1) is 20.4. The zero-order valence-electron chi connectivity index (χ0n) is 16.3. The highest BCUT2D eigenvalue weighted by atomic mass is 35.5. The molecule has 1 unspecified atom stereocenters. The van der Waals surface area contributed by atoms with Crippen LogP contribution in [0.25, 0.3) is 0 Å². The summed E-state index contributed by atoms with van der Waals surface area (Å²) in [4.78, 5) is 16.7. The molecule has 0 bridgehead atoms. The van der Waals surface area contributed by atoms with Crippen LogP contribution in [-0.2, 0) is 0 Å². The number of benzene rings is 3. The second-order valence-electron chi connectivity index (χ2n) is 7.33. The molecule has 1 heterocycles. The molecule has 1 amide bonds. The molecular formula is C24H22ClFN2O2. The fourth-order valence-corrected chi connectivity index (χ4v) is 4.19. The Labute approximate surface area is 180 Å². The predicted octanol–water partition coefficient (Wildman–Crippen LogP) is 4.73. The predicted molar refractivity (Wildman–Crippen MR) is 115 cm³/mol. The summed E-state index contributed by atoms with van der Waals surface area (Å²) in [6.45, 7) is 2.23. The van der Waals surface area contributed by atoms with Gasteiger partial charge in [-0.1, -0.05) is 60.1 Å². The molecular weight excluding hydrogens is 403 g/mol. The molecule has 1 aliphatic heterocycles. The lowest BCUT2D eigenvalue weighted by molar-refractivity contribution is 0.0593. The van der Waals surface area contributed by atoms with Crippen LogP contribution in [0, 0.1) is 5.82 Å². The van der Waals surface area contributed by atoms with Crippen molar-refractivity contribution in [2.24, 2.45) is 0 Å². The average molecular weight is 425 g/mol. The molecule has 1 aliphatic rings. The maximum atomic E-state index is 14.1. The van der Waals surface area contributed by atoms with E-state index in [1.54, 1.807) is 4.90 Å². The van der Waals surface area contributed by atoms with Gasteiger partial charge in [0.2, 0.25) is 0 Å². The van der Waals surface area contributed by atoms with Crippen LogP contribution in [0.1, 0.15) is 27.5 Å². The molecule has 0 aromatic heterocycles. The largest absolute Gasteiger partial charge is 0.508 e. The normalized spacial score (nSPS) is 15.7. The van der Waals surface area contributed by atoms with E-state index in [9.17, 15) is 14.3 Å². The Morgan fingerprint density at radius 1 is 0.933 bits per heavy atom. The second-order valence-corrected chi connectivity index (χ2v) is 7.73. The number of hydrogen-bond donors (Lipinski definition) is 1. The molecule has 154 valence electrons. The molecule has 1 N–H and O–H groups in total. The highest BCUT2D eigenvalue weighted by molar-refractivity contribution is 6.31. The van der Waals surface area contributed by atoms with Gasteiger partial charge in [-0.25, -0.2) is 4.39 Å². The quantitative estimate of drug-likeness (QED) is 0.658. The molecule has 1 atom stereocenters. The van der Waals surface area contributed by atoms with Crippen molar-refractivity contribution in [1.82, 2.24) is 9.80 Å². The molecule has 3 aromatic rings. The first-order chi connectivity index (χ1) is 14.5. The van der Waals surface area contributed by atoms with Crippen LogP contribution in [0.3, 0.4) is 0 Å². The third-order valence-corrected chi connectivity index (χ3v) is 5.81. The van der Waals surface area contributed by atoms with Crippen molar-refractivity contribution in [3.63, 3.8) is 0 Å². The summed E-state index contributed by atoms with van der Waals surface area (Å²) in [5.74, 6) is -1.26. The summed E-state index contributed by atoms with van der Waals surface area (Å²) in [5.41, 5.74) is 2.14. The van der Waals surface area contributed by atoms with Gasteiger partial charge in [-0.3, -0.25) is 9.69 Å². The van der Waals surface area contributed by atoms with Crippen LogP contribution in [0.15, 0.2) is 72.8 Å². The van der Waals surface area contributed by atoms with E-state index >= 15 is 0 Å². The Balaban J connectivity index is 1.55. The van der Waals surface area contributed by atoms with Crippen molar-refractivity contribution >= 4 is 17.5 Å². The van der Waals surface area contributed by atoms with Crippen molar-refractivity contribution in [2.45, 2.75) is 6.04 Å². The third-order valence-electron chi connectivity index (χ3n) is 5.46. The second kappa shape index (κ2) is 8.86. The Morgan fingerprint density at radius 2 is 1.60 bits per heavy atom. The molecule has 3 aromatic carbocycles. The summed E-state index contributed by atoms with van der Waals surface area (Å²) in [5, 5.41) is 10.1. The summed E-state index contributed by atoms with van der Waals surface area (Å²) >= 11 is 6.52. The molecule has 0 aliphatic carbocycles. The van der Waals surface area contributed by atoms with Gasteiger partial charge in [-0.05, 0) is 29.3 Å². The highest BCUT2D eigenvalue weighted by Gasteiger charge is 2.30. The van der Waals surface area contributed by atoms with E-state index in [2.05, 4.69) is 17.0 Å². The van der Waals surface area contributed by atoms with E-state index in [4.69, 9.17) is 11.6 Å². The monoisotopic (exact) mass is 424 g/mol. The van der Waals surface area contributed by atoms with Gasteiger partial charge in [0.15, 0.2) is 0 Å². The van der Waals surface area contributed by atoms with Gasteiger partial charge in [-0.2, -0.15) is 0 Å². The number of phenolic OH excluding ortho intramolecular Hbond substituents is 1. The first-order valence-corrected chi connectivity index (χ1v) is 10.2. The number of carbonyl (C=O) groups is 1. The minimum absolute atomic E-state index is 0.0213. The zero-order chi connectivity index (χ0) is 21.1. The number of aromatic hydroxyl groups is 1. The van der Waals surface area contributed by atoms with Crippen molar-refractivity contribution < 1.29 is 14.3 Å². The van der Waals surface area contributed by atoms with Gasteiger partial charge < -0.3 is 10.0 Å². The lowest BCUT2D eigenvalue weighted by atomic mass is 9.96. The fraction of sp³-hybridized carbons (Fsp3) is 0.208. The Kier molecular flexibility index (Phi) is 6.02. The number of carbonyl (C=O) groups excluding carboxylic acids is 1. The topological polar surface area (TPSA) is 43.8 Å². The van der Waals surface area contributed by atoms with E-state index in [-0.39, 0.29) is 23.3 Å². The average Bonchev–Trinajstić information content (AvgIpc) is 2.76. The molecule has 4 rings (SSSR count). The molecule has 0 saturated carbocycles. The minimum Gasteiger partial charge on any atom is -0.508 e. The maximum absolute atomic E-state index is 14.1. The molecule has 0 spiro atoms. The highest BCUT2D eigenvalue weighted by Crippen LogP contribution is 2.34.